The molecule has 0 spiro atoms. The van der Waals surface area contributed by atoms with Gasteiger partial charge in [0.2, 0.25) is 5.91 Å². The molecule has 1 heterocycles. The van der Waals surface area contributed by atoms with Gasteiger partial charge in [0.25, 0.3) is 0 Å². The molecule has 0 radical (unpaired) electrons. The molecule has 0 aliphatic carbocycles. The minimum absolute atomic E-state index is 0.0597. The van der Waals surface area contributed by atoms with Crippen molar-refractivity contribution in [2.45, 2.75) is 32.2 Å². The second-order valence-corrected chi connectivity index (χ2v) is 3.62. The number of rotatable bonds is 8. The van der Waals surface area contributed by atoms with Crippen LogP contribution in [0.2, 0.25) is 0 Å². The first-order valence-corrected chi connectivity index (χ1v) is 5.51. The van der Waals surface area contributed by atoms with Crippen molar-refractivity contribution in [2.75, 3.05) is 6.54 Å². The van der Waals surface area contributed by atoms with E-state index in [-0.39, 0.29) is 12.3 Å². The predicted octanol–water partition coefficient (Wildman–Crippen LogP) is 0.0393. The number of carboxylic acids is 1. The number of nitrogens with zero attached hydrogens (tertiary/aromatic N) is 3. The monoisotopic (exact) mass is 240 g/mol. The van der Waals surface area contributed by atoms with Crippen molar-refractivity contribution in [1.82, 2.24) is 20.3 Å². The summed E-state index contributed by atoms with van der Waals surface area (Å²) in [6.45, 7) is 1.09. The Morgan fingerprint density at radius 1 is 1.29 bits per heavy atom. The predicted molar refractivity (Wildman–Crippen MR) is 59.1 cm³/mol. The van der Waals surface area contributed by atoms with Gasteiger partial charge in [-0.3, -0.25) is 14.3 Å². The molecule has 1 aromatic heterocycles. The lowest BCUT2D eigenvalue weighted by Gasteiger charge is -2.04. The SMILES string of the molecule is O=C(O)CCCCC(=O)NCCn1ccnn1. The third-order valence-corrected chi connectivity index (χ3v) is 2.18. The van der Waals surface area contributed by atoms with Crippen molar-refractivity contribution >= 4 is 11.9 Å². The molecule has 0 aliphatic heterocycles. The van der Waals surface area contributed by atoms with Crippen LogP contribution in [0.4, 0.5) is 0 Å². The first kappa shape index (κ1) is 13.1. The van der Waals surface area contributed by atoms with Gasteiger partial charge in [-0.05, 0) is 12.8 Å². The number of unbranched alkanes of at least 4 members (excludes halogenated alkanes) is 1. The standard InChI is InChI=1S/C10H16N4O3/c15-9(3-1-2-4-10(16)17)11-5-7-14-8-6-12-13-14/h6,8H,1-5,7H2,(H,11,15)(H,16,17). The Morgan fingerprint density at radius 3 is 2.71 bits per heavy atom. The molecule has 0 aliphatic rings. The van der Waals surface area contributed by atoms with Crippen molar-refractivity contribution in [3.63, 3.8) is 0 Å². The van der Waals surface area contributed by atoms with E-state index in [2.05, 4.69) is 15.6 Å². The van der Waals surface area contributed by atoms with E-state index in [1.165, 1.54) is 0 Å². The summed E-state index contributed by atoms with van der Waals surface area (Å²) in [6.07, 6.45) is 4.91. The molecular weight excluding hydrogens is 224 g/mol. The van der Waals surface area contributed by atoms with Crippen molar-refractivity contribution in [2.24, 2.45) is 0 Å². The molecule has 0 aromatic carbocycles. The van der Waals surface area contributed by atoms with E-state index in [0.29, 0.717) is 32.4 Å². The molecule has 7 nitrogen and oxygen atoms in total. The van der Waals surface area contributed by atoms with Gasteiger partial charge in [-0.1, -0.05) is 5.21 Å². The number of amides is 1. The topological polar surface area (TPSA) is 97.1 Å². The van der Waals surface area contributed by atoms with Crippen LogP contribution in [0.25, 0.3) is 0 Å². The minimum Gasteiger partial charge on any atom is -0.481 e. The molecule has 0 saturated carbocycles. The number of nitrogens with one attached hydrogen (secondary N) is 1. The zero-order valence-electron chi connectivity index (χ0n) is 9.50. The molecule has 0 fully saturated rings. The Labute approximate surface area is 98.8 Å². The maximum absolute atomic E-state index is 11.3. The van der Waals surface area contributed by atoms with Crippen LogP contribution in [0, 0.1) is 0 Å². The molecule has 0 unspecified atom stereocenters. The summed E-state index contributed by atoms with van der Waals surface area (Å²) < 4.78 is 1.63. The summed E-state index contributed by atoms with van der Waals surface area (Å²) >= 11 is 0. The molecule has 1 rings (SSSR count). The highest BCUT2D eigenvalue weighted by Crippen LogP contribution is 1.99. The lowest BCUT2D eigenvalue weighted by Crippen LogP contribution is -2.27. The first-order chi connectivity index (χ1) is 8.18. The van der Waals surface area contributed by atoms with Crippen LogP contribution in [0.5, 0.6) is 0 Å². The van der Waals surface area contributed by atoms with Gasteiger partial charge in [0.1, 0.15) is 0 Å². The minimum atomic E-state index is -0.823. The molecular formula is C10H16N4O3. The van der Waals surface area contributed by atoms with Gasteiger partial charge >= 0.3 is 5.97 Å². The van der Waals surface area contributed by atoms with Crippen LogP contribution in [-0.2, 0) is 16.1 Å². The molecule has 1 amide bonds. The van der Waals surface area contributed by atoms with Crippen LogP contribution < -0.4 is 5.32 Å². The van der Waals surface area contributed by atoms with Crippen molar-refractivity contribution in [1.29, 1.82) is 0 Å². The van der Waals surface area contributed by atoms with Crippen LogP contribution >= 0.6 is 0 Å². The first-order valence-electron chi connectivity index (χ1n) is 5.51. The normalized spacial score (nSPS) is 10.1. The summed E-state index contributed by atoms with van der Waals surface area (Å²) in [5, 5.41) is 18.5. The third-order valence-electron chi connectivity index (χ3n) is 2.18. The Balaban J connectivity index is 1.99. The summed E-state index contributed by atoms with van der Waals surface area (Å²) in [5.74, 6) is -0.882. The largest absolute Gasteiger partial charge is 0.481 e. The van der Waals surface area contributed by atoms with Crippen LogP contribution in [0.15, 0.2) is 12.4 Å². The van der Waals surface area contributed by atoms with Crippen LogP contribution in [0.3, 0.4) is 0 Å². The highest BCUT2D eigenvalue weighted by molar-refractivity contribution is 5.75. The Hall–Kier alpha value is -1.92. The van der Waals surface area contributed by atoms with E-state index in [9.17, 15) is 9.59 Å². The number of aliphatic carboxylic acids is 1. The maximum atomic E-state index is 11.3. The van der Waals surface area contributed by atoms with Gasteiger partial charge < -0.3 is 10.4 Å². The van der Waals surface area contributed by atoms with Crippen molar-refractivity contribution in [3.05, 3.63) is 12.4 Å². The number of carbonyl (C=O) groups is 2. The number of hydrogen-bond acceptors (Lipinski definition) is 4. The van der Waals surface area contributed by atoms with E-state index in [4.69, 9.17) is 5.11 Å². The maximum Gasteiger partial charge on any atom is 0.303 e. The van der Waals surface area contributed by atoms with E-state index in [1.807, 2.05) is 0 Å². The quantitative estimate of drug-likeness (QED) is 0.625. The average molecular weight is 240 g/mol. The highest BCUT2D eigenvalue weighted by Gasteiger charge is 2.02. The Kier molecular flexibility index (Phi) is 5.70. The van der Waals surface area contributed by atoms with E-state index >= 15 is 0 Å². The van der Waals surface area contributed by atoms with Crippen LogP contribution in [-0.4, -0.2) is 38.5 Å². The number of carboxylic acid groups (broad SMARTS) is 1. The average Bonchev–Trinajstić information content (AvgIpc) is 2.77. The summed E-state index contributed by atoms with van der Waals surface area (Å²) in [6, 6.07) is 0. The molecule has 0 bridgehead atoms. The van der Waals surface area contributed by atoms with Crippen molar-refractivity contribution in [3.8, 4) is 0 Å². The Bertz CT molecular complexity index is 350. The zero-order valence-corrected chi connectivity index (χ0v) is 9.50. The van der Waals surface area contributed by atoms with Crippen molar-refractivity contribution < 1.29 is 14.7 Å². The molecule has 1 aromatic rings. The molecule has 94 valence electrons. The lowest BCUT2D eigenvalue weighted by atomic mass is 10.2. The molecule has 0 saturated heterocycles. The van der Waals surface area contributed by atoms with Gasteiger partial charge in [0.05, 0.1) is 12.7 Å². The summed E-state index contributed by atoms with van der Waals surface area (Å²) in [4.78, 5) is 21.5. The van der Waals surface area contributed by atoms with Crippen LogP contribution in [0.1, 0.15) is 25.7 Å². The zero-order chi connectivity index (χ0) is 12.5. The fourth-order valence-corrected chi connectivity index (χ4v) is 1.31. The highest BCUT2D eigenvalue weighted by atomic mass is 16.4. The Morgan fingerprint density at radius 2 is 2.06 bits per heavy atom. The van der Waals surface area contributed by atoms with E-state index < -0.39 is 5.97 Å². The summed E-state index contributed by atoms with van der Waals surface area (Å²) in [5.41, 5.74) is 0. The smallest absolute Gasteiger partial charge is 0.303 e. The molecule has 7 heteroatoms. The van der Waals surface area contributed by atoms with E-state index in [1.54, 1.807) is 17.1 Å². The fraction of sp³-hybridized carbons (Fsp3) is 0.600. The van der Waals surface area contributed by atoms with Gasteiger partial charge in [-0.2, -0.15) is 0 Å². The van der Waals surface area contributed by atoms with Gasteiger partial charge in [-0.15, -0.1) is 5.10 Å². The number of carbonyl (C=O) groups excluding carboxylic acids is 1. The van der Waals surface area contributed by atoms with Gasteiger partial charge in [-0.25, -0.2) is 0 Å². The number of aromatic nitrogens is 3. The molecule has 17 heavy (non-hydrogen) atoms. The second kappa shape index (κ2) is 7.37. The molecule has 0 atom stereocenters. The summed E-state index contributed by atoms with van der Waals surface area (Å²) in [7, 11) is 0. The number of hydrogen-bond donors (Lipinski definition) is 2. The third kappa shape index (κ3) is 6.29. The lowest BCUT2D eigenvalue weighted by molar-refractivity contribution is -0.137. The van der Waals surface area contributed by atoms with Gasteiger partial charge in [0.15, 0.2) is 0 Å². The fourth-order valence-electron chi connectivity index (χ4n) is 1.31. The van der Waals surface area contributed by atoms with E-state index in [0.717, 1.165) is 0 Å². The molecule has 2 N–H and O–H groups in total. The second-order valence-electron chi connectivity index (χ2n) is 3.62. The van der Waals surface area contributed by atoms with Gasteiger partial charge in [0, 0.05) is 25.6 Å².